The Hall–Kier alpha value is -1.87. The van der Waals surface area contributed by atoms with Gasteiger partial charge in [-0.3, -0.25) is 19.2 Å². The quantitative estimate of drug-likeness (QED) is 0.757. The summed E-state index contributed by atoms with van der Waals surface area (Å²) in [7, 11) is 0. The van der Waals surface area contributed by atoms with E-state index in [2.05, 4.69) is 5.32 Å². The summed E-state index contributed by atoms with van der Waals surface area (Å²) in [6.07, 6.45) is 2.69. The molecule has 1 aromatic heterocycles. The Morgan fingerprint density at radius 2 is 1.71 bits per heavy atom. The molecule has 3 saturated heterocycles. The topological polar surface area (TPSA) is 86.8 Å². The first kappa shape index (κ1) is 19.4. The number of thiophene rings is 1. The summed E-state index contributed by atoms with van der Waals surface area (Å²) in [5.41, 5.74) is 0.0716. The van der Waals surface area contributed by atoms with Crippen molar-refractivity contribution in [3.63, 3.8) is 0 Å². The lowest BCUT2D eigenvalue weighted by atomic mass is 9.77. The van der Waals surface area contributed by atoms with Crippen molar-refractivity contribution in [2.45, 2.75) is 32.2 Å². The largest absolute Gasteiger partial charge is 0.340 e. The number of thioether (sulfide) groups is 1. The highest BCUT2D eigenvalue weighted by Gasteiger charge is 2.44. The standard InChI is InChI=1S/C19H23N3O4S2/c1-12(23)14-2-3-15(28-14)17(25)21-7-4-19(5-8-21)6-9-22(11-19)16(24)13-10-27-18(26)20-13/h2-3,13H,4-11H2,1H3,(H,20,26). The Kier molecular flexibility index (Phi) is 5.22. The van der Waals surface area contributed by atoms with Crippen LogP contribution in [0.3, 0.4) is 0 Å². The molecule has 1 aromatic rings. The number of nitrogens with one attached hydrogen (secondary N) is 1. The molecule has 1 atom stereocenters. The Balaban J connectivity index is 1.33. The summed E-state index contributed by atoms with van der Waals surface area (Å²) in [4.78, 5) is 53.1. The van der Waals surface area contributed by atoms with Crippen molar-refractivity contribution in [2.24, 2.45) is 5.41 Å². The first-order chi connectivity index (χ1) is 13.4. The van der Waals surface area contributed by atoms with Gasteiger partial charge in [-0.25, -0.2) is 0 Å². The van der Waals surface area contributed by atoms with Gasteiger partial charge < -0.3 is 15.1 Å². The molecule has 0 aromatic carbocycles. The van der Waals surface area contributed by atoms with E-state index in [0.717, 1.165) is 37.6 Å². The van der Waals surface area contributed by atoms with E-state index in [4.69, 9.17) is 0 Å². The molecule has 0 aliphatic carbocycles. The van der Waals surface area contributed by atoms with E-state index >= 15 is 0 Å². The summed E-state index contributed by atoms with van der Waals surface area (Å²) in [6.45, 7) is 4.27. The first-order valence-corrected chi connectivity index (χ1v) is 11.3. The number of hydrogen-bond acceptors (Lipinski definition) is 6. The van der Waals surface area contributed by atoms with Gasteiger partial charge in [-0.05, 0) is 43.7 Å². The number of piperidine rings is 1. The van der Waals surface area contributed by atoms with E-state index in [-0.39, 0.29) is 28.3 Å². The molecule has 0 bridgehead atoms. The van der Waals surface area contributed by atoms with Crippen molar-refractivity contribution < 1.29 is 19.2 Å². The second-order valence-corrected chi connectivity index (χ2v) is 9.89. The fourth-order valence-corrected chi connectivity index (χ4v) is 5.89. The lowest BCUT2D eigenvalue weighted by Crippen LogP contribution is -2.47. The molecule has 150 valence electrons. The molecule has 28 heavy (non-hydrogen) atoms. The molecule has 1 N–H and O–H groups in total. The molecular weight excluding hydrogens is 398 g/mol. The molecule has 7 nitrogen and oxygen atoms in total. The van der Waals surface area contributed by atoms with Gasteiger partial charge in [0.25, 0.3) is 11.1 Å². The minimum Gasteiger partial charge on any atom is -0.340 e. The number of Topliss-reactive ketones (excluding diaryl/α,β-unsaturated/α-hetero) is 1. The third kappa shape index (κ3) is 3.69. The monoisotopic (exact) mass is 421 g/mol. The third-order valence-electron chi connectivity index (χ3n) is 6.00. The van der Waals surface area contributed by atoms with Crippen LogP contribution in [-0.4, -0.2) is 70.6 Å². The summed E-state index contributed by atoms with van der Waals surface area (Å²) in [6, 6.07) is 3.05. The second-order valence-electron chi connectivity index (χ2n) is 7.82. The van der Waals surface area contributed by atoms with Crippen LogP contribution in [-0.2, 0) is 4.79 Å². The number of carbonyl (C=O) groups excluding carboxylic acids is 4. The normalized spacial score (nSPS) is 23.9. The fourth-order valence-electron chi connectivity index (χ4n) is 4.25. The number of amides is 3. The highest BCUT2D eigenvalue weighted by Crippen LogP contribution is 2.41. The molecule has 9 heteroatoms. The van der Waals surface area contributed by atoms with Crippen LogP contribution in [0.15, 0.2) is 12.1 Å². The molecule has 1 unspecified atom stereocenters. The molecule has 0 saturated carbocycles. The molecule has 3 aliphatic heterocycles. The van der Waals surface area contributed by atoms with E-state index in [1.165, 1.54) is 18.3 Å². The van der Waals surface area contributed by atoms with Crippen LogP contribution in [0.5, 0.6) is 0 Å². The maximum atomic E-state index is 12.7. The number of rotatable bonds is 3. The Bertz CT molecular complexity index is 829. The van der Waals surface area contributed by atoms with Crippen LogP contribution in [0.4, 0.5) is 4.79 Å². The minimum absolute atomic E-state index is 0.0102. The van der Waals surface area contributed by atoms with Crippen molar-refractivity contribution in [3.8, 4) is 0 Å². The SMILES string of the molecule is CC(=O)c1ccc(C(=O)N2CCC3(CC2)CCN(C(=O)C2CSC(=O)N2)C3)s1. The fraction of sp³-hybridized carbons (Fsp3) is 0.579. The van der Waals surface area contributed by atoms with Crippen LogP contribution in [0, 0.1) is 5.41 Å². The van der Waals surface area contributed by atoms with Gasteiger partial charge in [0.15, 0.2) is 5.78 Å². The van der Waals surface area contributed by atoms with Crippen LogP contribution >= 0.6 is 23.1 Å². The Morgan fingerprint density at radius 3 is 2.29 bits per heavy atom. The smallest absolute Gasteiger partial charge is 0.279 e. The van der Waals surface area contributed by atoms with E-state index in [1.807, 2.05) is 9.80 Å². The van der Waals surface area contributed by atoms with Crippen molar-refractivity contribution in [1.29, 1.82) is 0 Å². The summed E-state index contributed by atoms with van der Waals surface area (Å²) < 4.78 is 0. The van der Waals surface area contributed by atoms with Crippen molar-refractivity contribution in [1.82, 2.24) is 15.1 Å². The molecule has 3 aliphatic rings. The Labute approximate surface area is 171 Å². The van der Waals surface area contributed by atoms with Crippen molar-refractivity contribution in [2.75, 3.05) is 31.9 Å². The van der Waals surface area contributed by atoms with Crippen LogP contribution in [0.25, 0.3) is 0 Å². The van der Waals surface area contributed by atoms with Gasteiger partial charge in [-0.1, -0.05) is 11.8 Å². The zero-order chi connectivity index (χ0) is 19.9. The van der Waals surface area contributed by atoms with Crippen LogP contribution < -0.4 is 5.32 Å². The Morgan fingerprint density at radius 1 is 1.07 bits per heavy atom. The van der Waals surface area contributed by atoms with Gasteiger partial charge in [0.2, 0.25) is 5.91 Å². The van der Waals surface area contributed by atoms with E-state index in [9.17, 15) is 19.2 Å². The van der Waals surface area contributed by atoms with Crippen LogP contribution in [0.2, 0.25) is 0 Å². The number of ketones is 1. The summed E-state index contributed by atoms with van der Waals surface area (Å²) in [5.74, 6) is 0.495. The second kappa shape index (κ2) is 7.51. The number of nitrogens with zero attached hydrogens (tertiary/aromatic N) is 2. The summed E-state index contributed by atoms with van der Waals surface area (Å²) in [5, 5.41) is 2.60. The highest BCUT2D eigenvalue weighted by molar-refractivity contribution is 8.14. The van der Waals surface area contributed by atoms with Gasteiger partial charge in [0, 0.05) is 31.9 Å². The molecule has 3 fully saturated rings. The average molecular weight is 422 g/mol. The van der Waals surface area contributed by atoms with E-state index in [0.29, 0.717) is 35.1 Å². The minimum atomic E-state index is -0.399. The molecule has 3 amide bonds. The lowest BCUT2D eigenvalue weighted by molar-refractivity contribution is -0.132. The number of hydrogen-bond donors (Lipinski definition) is 1. The maximum Gasteiger partial charge on any atom is 0.279 e. The van der Waals surface area contributed by atoms with E-state index in [1.54, 1.807) is 12.1 Å². The van der Waals surface area contributed by atoms with Gasteiger partial charge in [-0.2, -0.15) is 0 Å². The maximum absolute atomic E-state index is 12.7. The first-order valence-electron chi connectivity index (χ1n) is 9.49. The lowest BCUT2D eigenvalue weighted by Gasteiger charge is -2.39. The van der Waals surface area contributed by atoms with Crippen molar-refractivity contribution in [3.05, 3.63) is 21.9 Å². The van der Waals surface area contributed by atoms with Gasteiger partial charge in [-0.15, -0.1) is 11.3 Å². The molecule has 4 heterocycles. The molecule has 1 spiro atoms. The molecule has 0 radical (unpaired) electrons. The highest BCUT2D eigenvalue weighted by atomic mass is 32.2. The predicted octanol–water partition coefficient (Wildman–Crippen LogP) is 2.23. The van der Waals surface area contributed by atoms with Gasteiger partial charge in [0.1, 0.15) is 6.04 Å². The summed E-state index contributed by atoms with van der Waals surface area (Å²) >= 11 is 2.42. The van der Waals surface area contributed by atoms with Gasteiger partial charge >= 0.3 is 0 Å². The number of likely N-dealkylation sites (tertiary alicyclic amines) is 2. The predicted molar refractivity (Wildman–Crippen MR) is 108 cm³/mol. The van der Waals surface area contributed by atoms with Crippen molar-refractivity contribution >= 4 is 45.9 Å². The molecular formula is C19H23N3O4S2. The zero-order valence-corrected chi connectivity index (χ0v) is 17.4. The molecule has 4 rings (SSSR count). The third-order valence-corrected chi connectivity index (χ3v) is 8.05. The van der Waals surface area contributed by atoms with Gasteiger partial charge in [0.05, 0.1) is 9.75 Å². The van der Waals surface area contributed by atoms with E-state index < -0.39 is 6.04 Å². The number of carbonyl (C=O) groups is 4. The average Bonchev–Trinajstić information content (AvgIpc) is 3.41. The zero-order valence-electron chi connectivity index (χ0n) is 15.7. The van der Waals surface area contributed by atoms with Crippen LogP contribution in [0.1, 0.15) is 45.5 Å².